The highest BCUT2D eigenvalue weighted by Crippen LogP contribution is 2.27. The van der Waals surface area contributed by atoms with Gasteiger partial charge in [0.2, 0.25) is 0 Å². The van der Waals surface area contributed by atoms with E-state index in [1.54, 1.807) is 0 Å². The van der Waals surface area contributed by atoms with Crippen LogP contribution in [0.1, 0.15) is 5.56 Å². The molecule has 0 bridgehead atoms. The summed E-state index contributed by atoms with van der Waals surface area (Å²) >= 11 is 5.79. The van der Waals surface area contributed by atoms with Crippen LogP contribution in [0.15, 0.2) is 41.3 Å². The van der Waals surface area contributed by atoms with E-state index in [1.165, 1.54) is 37.4 Å². The van der Waals surface area contributed by atoms with Gasteiger partial charge in [-0.25, -0.2) is 12.8 Å². The monoisotopic (exact) mass is 329 g/mol. The second kappa shape index (κ2) is 5.91. The molecule has 0 saturated carbocycles. The van der Waals surface area contributed by atoms with Crippen molar-refractivity contribution in [2.24, 2.45) is 0 Å². The number of ether oxygens (including phenoxy) is 1. The van der Waals surface area contributed by atoms with Crippen LogP contribution in [0.5, 0.6) is 5.75 Å². The van der Waals surface area contributed by atoms with Crippen molar-refractivity contribution in [3.63, 3.8) is 0 Å². The largest absolute Gasteiger partial charge is 0.497 e. The van der Waals surface area contributed by atoms with Crippen LogP contribution in [-0.2, 0) is 15.6 Å². The summed E-state index contributed by atoms with van der Waals surface area (Å²) in [6.45, 7) is 0. The molecule has 0 aliphatic carbocycles. The van der Waals surface area contributed by atoms with E-state index in [-0.39, 0.29) is 21.2 Å². The molecule has 7 heteroatoms. The number of rotatable bonds is 4. The zero-order valence-corrected chi connectivity index (χ0v) is 12.7. The molecule has 2 aromatic rings. The van der Waals surface area contributed by atoms with E-state index in [0.717, 1.165) is 6.07 Å². The molecule has 0 aromatic heterocycles. The molecule has 0 aliphatic rings. The number of nitrogens with two attached hydrogens (primary N) is 1. The standard InChI is InChI=1S/C14H13ClFNO3S/c1-20-11-4-2-9(12(16)7-11)8-21(18,19)14-6-10(15)3-5-13(14)17/h2-7H,8,17H2,1H3. The lowest BCUT2D eigenvalue weighted by molar-refractivity contribution is 0.411. The summed E-state index contributed by atoms with van der Waals surface area (Å²) in [7, 11) is -2.40. The third-order valence-electron chi connectivity index (χ3n) is 2.92. The van der Waals surface area contributed by atoms with Crippen molar-refractivity contribution in [1.82, 2.24) is 0 Å². The van der Waals surface area contributed by atoms with Crippen molar-refractivity contribution in [2.75, 3.05) is 12.8 Å². The number of benzene rings is 2. The summed E-state index contributed by atoms with van der Waals surface area (Å²) in [5.74, 6) is -0.845. The molecule has 2 aromatic carbocycles. The molecule has 2 rings (SSSR count). The molecule has 21 heavy (non-hydrogen) atoms. The minimum atomic E-state index is -3.80. The third kappa shape index (κ3) is 3.46. The molecule has 0 aliphatic heterocycles. The molecule has 0 fully saturated rings. The Balaban J connectivity index is 2.40. The Morgan fingerprint density at radius 2 is 1.95 bits per heavy atom. The Hall–Kier alpha value is -1.79. The first kappa shape index (κ1) is 15.6. The molecule has 2 N–H and O–H groups in total. The smallest absolute Gasteiger partial charge is 0.184 e. The van der Waals surface area contributed by atoms with E-state index >= 15 is 0 Å². The van der Waals surface area contributed by atoms with Crippen molar-refractivity contribution in [3.05, 3.63) is 52.8 Å². The highest BCUT2D eigenvalue weighted by Gasteiger charge is 2.21. The highest BCUT2D eigenvalue weighted by molar-refractivity contribution is 7.90. The molecular weight excluding hydrogens is 317 g/mol. The predicted molar refractivity (Wildman–Crippen MR) is 79.7 cm³/mol. The van der Waals surface area contributed by atoms with E-state index in [0.29, 0.717) is 5.75 Å². The number of sulfone groups is 1. The van der Waals surface area contributed by atoms with Gasteiger partial charge in [-0.1, -0.05) is 17.7 Å². The zero-order valence-electron chi connectivity index (χ0n) is 11.1. The topological polar surface area (TPSA) is 69.4 Å². The number of hydrogen-bond acceptors (Lipinski definition) is 4. The molecule has 0 unspecified atom stereocenters. The molecule has 4 nitrogen and oxygen atoms in total. The molecule has 0 heterocycles. The number of halogens is 2. The molecule has 0 radical (unpaired) electrons. The lowest BCUT2D eigenvalue weighted by Crippen LogP contribution is -2.09. The van der Waals surface area contributed by atoms with Gasteiger partial charge < -0.3 is 10.5 Å². The average Bonchev–Trinajstić information content (AvgIpc) is 2.43. The van der Waals surface area contributed by atoms with Gasteiger partial charge in [0.05, 0.1) is 23.4 Å². The lowest BCUT2D eigenvalue weighted by atomic mass is 10.2. The van der Waals surface area contributed by atoms with Gasteiger partial charge >= 0.3 is 0 Å². The Bertz CT molecular complexity index is 778. The summed E-state index contributed by atoms with van der Waals surface area (Å²) in [5.41, 5.74) is 5.78. The van der Waals surface area contributed by atoms with E-state index in [4.69, 9.17) is 22.1 Å². The summed E-state index contributed by atoms with van der Waals surface area (Å²) in [5, 5.41) is 0.248. The predicted octanol–water partition coefficient (Wildman–Crippen LogP) is 3.04. The van der Waals surface area contributed by atoms with Gasteiger partial charge in [-0.15, -0.1) is 0 Å². The molecule has 0 amide bonds. The van der Waals surface area contributed by atoms with Crippen LogP contribution < -0.4 is 10.5 Å². The van der Waals surface area contributed by atoms with Gasteiger partial charge in [-0.05, 0) is 24.3 Å². The van der Waals surface area contributed by atoms with Crippen LogP contribution in [0.3, 0.4) is 0 Å². The zero-order chi connectivity index (χ0) is 15.6. The number of nitrogen functional groups attached to an aromatic ring is 1. The van der Waals surface area contributed by atoms with Gasteiger partial charge in [0.1, 0.15) is 11.6 Å². The summed E-state index contributed by atoms with van der Waals surface area (Å²) < 4.78 is 43.4. The molecule has 0 spiro atoms. The van der Waals surface area contributed by atoms with E-state index in [1.807, 2.05) is 0 Å². The second-order valence-electron chi connectivity index (χ2n) is 4.40. The van der Waals surface area contributed by atoms with Gasteiger partial charge in [-0.2, -0.15) is 0 Å². The first-order valence-corrected chi connectivity index (χ1v) is 7.96. The van der Waals surface area contributed by atoms with Crippen molar-refractivity contribution in [1.29, 1.82) is 0 Å². The quantitative estimate of drug-likeness (QED) is 0.875. The average molecular weight is 330 g/mol. The fourth-order valence-electron chi connectivity index (χ4n) is 1.83. The maximum atomic E-state index is 13.9. The first-order chi connectivity index (χ1) is 9.83. The van der Waals surface area contributed by atoms with Crippen molar-refractivity contribution in [3.8, 4) is 5.75 Å². The summed E-state index contributed by atoms with van der Waals surface area (Å²) in [6, 6.07) is 8.14. The number of methoxy groups -OCH3 is 1. The van der Waals surface area contributed by atoms with Crippen LogP contribution in [-0.4, -0.2) is 15.5 Å². The Labute approximate surface area is 127 Å². The van der Waals surface area contributed by atoms with E-state index in [2.05, 4.69) is 0 Å². The van der Waals surface area contributed by atoms with Crippen LogP contribution >= 0.6 is 11.6 Å². The van der Waals surface area contributed by atoms with Crippen LogP contribution in [0.25, 0.3) is 0 Å². The summed E-state index contributed by atoms with van der Waals surface area (Å²) in [4.78, 5) is -0.106. The fraction of sp³-hybridized carbons (Fsp3) is 0.143. The lowest BCUT2D eigenvalue weighted by Gasteiger charge is -2.09. The van der Waals surface area contributed by atoms with Crippen LogP contribution in [0.4, 0.5) is 10.1 Å². The van der Waals surface area contributed by atoms with Crippen molar-refractivity contribution >= 4 is 27.1 Å². The minimum Gasteiger partial charge on any atom is -0.497 e. The summed E-state index contributed by atoms with van der Waals surface area (Å²) in [6.07, 6.45) is 0. The second-order valence-corrected chi connectivity index (χ2v) is 6.79. The van der Waals surface area contributed by atoms with Crippen molar-refractivity contribution in [2.45, 2.75) is 10.6 Å². The number of hydrogen-bond donors (Lipinski definition) is 1. The molecule has 0 atom stereocenters. The van der Waals surface area contributed by atoms with Gasteiger partial charge in [0.15, 0.2) is 9.84 Å². The SMILES string of the molecule is COc1ccc(CS(=O)(=O)c2cc(Cl)ccc2N)c(F)c1. The van der Waals surface area contributed by atoms with E-state index in [9.17, 15) is 12.8 Å². The van der Waals surface area contributed by atoms with Crippen molar-refractivity contribution < 1.29 is 17.5 Å². The highest BCUT2D eigenvalue weighted by atomic mass is 35.5. The molecule has 112 valence electrons. The van der Waals surface area contributed by atoms with Crippen LogP contribution in [0.2, 0.25) is 5.02 Å². The Kier molecular flexibility index (Phi) is 4.39. The first-order valence-electron chi connectivity index (χ1n) is 5.93. The van der Waals surface area contributed by atoms with Gasteiger partial charge in [0, 0.05) is 16.7 Å². The Morgan fingerprint density at radius 3 is 2.57 bits per heavy atom. The maximum absolute atomic E-state index is 13.9. The normalized spacial score (nSPS) is 11.4. The van der Waals surface area contributed by atoms with Gasteiger partial charge in [-0.3, -0.25) is 0 Å². The number of anilines is 1. The fourth-order valence-corrected chi connectivity index (χ4v) is 3.60. The molecule has 0 saturated heterocycles. The third-order valence-corrected chi connectivity index (χ3v) is 4.87. The molecular formula is C14H13ClFNO3S. The van der Waals surface area contributed by atoms with E-state index < -0.39 is 21.4 Å². The minimum absolute atomic E-state index is 0.0372. The maximum Gasteiger partial charge on any atom is 0.184 e. The van der Waals surface area contributed by atoms with Gasteiger partial charge in [0.25, 0.3) is 0 Å². The van der Waals surface area contributed by atoms with Crippen LogP contribution in [0, 0.1) is 5.82 Å². The Morgan fingerprint density at radius 1 is 1.24 bits per heavy atom.